The molecule has 0 radical (unpaired) electrons. The highest BCUT2D eigenvalue weighted by Gasteiger charge is 2.02. The van der Waals surface area contributed by atoms with Gasteiger partial charge in [0.1, 0.15) is 0 Å². The molecule has 0 N–H and O–H groups in total. The summed E-state index contributed by atoms with van der Waals surface area (Å²) in [6, 6.07) is 7.49. The van der Waals surface area contributed by atoms with Crippen LogP contribution in [0.3, 0.4) is 0 Å². The van der Waals surface area contributed by atoms with Crippen LogP contribution in [0.15, 0.2) is 59.8 Å². The summed E-state index contributed by atoms with van der Waals surface area (Å²) in [6.07, 6.45) is 5.30. The minimum absolute atomic E-state index is 0.660. The molecule has 0 aliphatic carbocycles. The van der Waals surface area contributed by atoms with E-state index < -0.39 is 0 Å². The maximum absolute atomic E-state index is 8.27. The van der Waals surface area contributed by atoms with E-state index in [1.165, 1.54) is 0 Å². The van der Waals surface area contributed by atoms with Gasteiger partial charge in [-0.2, -0.15) is 5.26 Å². The van der Waals surface area contributed by atoms with E-state index in [9.17, 15) is 0 Å². The Morgan fingerprint density at radius 1 is 1.18 bits per heavy atom. The zero-order valence-corrected chi connectivity index (χ0v) is 9.58. The minimum Gasteiger partial charge on any atom is -0.364 e. The number of azo groups is 1. The third kappa shape index (κ3) is 3.92. The van der Waals surface area contributed by atoms with Crippen molar-refractivity contribution in [2.24, 2.45) is 10.2 Å². The van der Waals surface area contributed by atoms with Crippen molar-refractivity contribution >= 4 is 11.4 Å². The van der Waals surface area contributed by atoms with Gasteiger partial charge in [-0.15, -0.1) is 18.3 Å². The van der Waals surface area contributed by atoms with Gasteiger partial charge < -0.3 is 4.90 Å². The van der Waals surface area contributed by atoms with Crippen LogP contribution in [0.2, 0.25) is 0 Å². The predicted molar refractivity (Wildman–Crippen MR) is 69.2 cm³/mol. The van der Waals surface area contributed by atoms with Gasteiger partial charge in [-0.1, -0.05) is 17.3 Å². The van der Waals surface area contributed by atoms with Crippen LogP contribution in [0.25, 0.3) is 0 Å². The number of nitrogens with zero attached hydrogens (tertiary/aromatic N) is 4. The lowest BCUT2D eigenvalue weighted by molar-refractivity contribution is 0.957. The molecule has 0 spiro atoms. The maximum atomic E-state index is 8.27. The van der Waals surface area contributed by atoms with E-state index in [-0.39, 0.29) is 0 Å². The lowest BCUT2D eigenvalue weighted by Crippen LogP contribution is -2.22. The largest absolute Gasteiger partial charge is 0.364 e. The lowest BCUT2D eigenvalue weighted by atomic mass is 10.2. The molecule has 0 saturated carbocycles. The Bertz CT molecular complexity index is 429. The van der Waals surface area contributed by atoms with Gasteiger partial charge in [-0.25, -0.2) is 0 Å². The molecule has 1 aromatic carbocycles. The van der Waals surface area contributed by atoms with Crippen molar-refractivity contribution < 1.29 is 0 Å². The van der Waals surface area contributed by atoms with Crippen LogP contribution < -0.4 is 4.90 Å². The van der Waals surface area contributed by atoms with Crippen molar-refractivity contribution in [1.82, 2.24) is 0 Å². The number of benzene rings is 1. The van der Waals surface area contributed by atoms with Crippen LogP contribution >= 0.6 is 0 Å². The second-order valence-corrected chi connectivity index (χ2v) is 3.30. The Kier molecular flexibility index (Phi) is 5.18. The average molecular weight is 226 g/mol. The summed E-state index contributed by atoms with van der Waals surface area (Å²) >= 11 is 0. The average Bonchev–Trinajstić information content (AvgIpc) is 2.37. The van der Waals surface area contributed by atoms with Gasteiger partial charge >= 0.3 is 0 Å². The molecule has 0 bridgehead atoms. The molecule has 0 unspecified atom stereocenters. The molecule has 1 rings (SSSR count). The first-order chi connectivity index (χ1) is 8.31. The molecule has 0 saturated heterocycles. The molecular weight excluding hydrogens is 212 g/mol. The van der Waals surface area contributed by atoms with Crippen LogP contribution in [0, 0.1) is 11.5 Å². The molecular formula is C13H14N4. The summed E-state index contributed by atoms with van der Waals surface area (Å²) in [6.45, 7) is 8.95. The van der Waals surface area contributed by atoms with Gasteiger partial charge in [-0.05, 0) is 24.3 Å². The topological polar surface area (TPSA) is 51.8 Å². The first-order valence-electron chi connectivity index (χ1n) is 5.18. The molecule has 0 fully saturated rings. The fourth-order valence-electron chi connectivity index (χ4n) is 1.41. The third-order valence-electron chi connectivity index (χ3n) is 2.12. The van der Waals surface area contributed by atoms with E-state index in [1.807, 2.05) is 36.4 Å². The van der Waals surface area contributed by atoms with E-state index in [0.717, 1.165) is 18.8 Å². The van der Waals surface area contributed by atoms with E-state index in [1.54, 1.807) is 6.19 Å². The van der Waals surface area contributed by atoms with Crippen molar-refractivity contribution in [3.8, 4) is 6.19 Å². The summed E-state index contributed by atoms with van der Waals surface area (Å²) in [5.41, 5.74) is 1.72. The minimum atomic E-state index is 0.660. The molecule has 4 heteroatoms. The molecule has 0 aliphatic rings. The SMILES string of the molecule is C=CCN(CC=C)c1ccc(N=NC#N)cc1. The molecule has 0 atom stereocenters. The molecule has 4 nitrogen and oxygen atoms in total. The predicted octanol–water partition coefficient (Wildman–Crippen LogP) is 3.43. The van der Waals surface area contributed by atoms with E-state index >= 15 is 0 Å². The number of nitriles is 1. The van der Waals surface area contributed by atoms with Crippen molar-refractivity contribution in [1.29, 1.82) is 5.26 Å². The number of rotatable bonds is 6. The highest BCUT2D eigenvalue weighted by atomic mass is 15.1. The third-order valence-corrected chi connectivity index (χ3v) is 2.12. The zero-order chi connectivity index (χ0) is 12.5. The number of hydrogen-bond donors (Lipinski definition) is 0. The summed E-state index contributed by atoms with van der Waals surface area (Å²) in [5.74, 6) is 0. The standard InChI is InChI=1S/C13H14N4/c1-3-9-17(10-4-2)13-7-5-12(6-8-13)16-15-11-14/h3-8H,1-2,9-10H2. The normalized spacial score (nSPS) is 9.82. The molecule has 17 heavy (non-hydrogen) atoms. The van der Waals surface area contributed by atoms with Gasteiger partial charge in [0.15, 0.2) is 0 Å². The van der Waals surface area contributed by atoms with Crippen LogP contribution in [0.5, 0.6) is 0 Å². The zero-order valence-electron chi connectivity index (χ0n) is 9.58. The van der Waals surface area contributed by atoms with Crippen molar-refractivity contribution in [3.05, 3.63) is 49.6 Å². The summed E-state index contributed by atoms with van der Waals surface area (Å²) in [7, 11) is 0. The molecule has 0 heterocycles. The van der Waals surface area contributed by atoms with Gasteiger partial charge in [0, 0.05) is 18.8 Å². The first kappa shape index (κ1) is 12.7. The second kappa shape index (κ2) is 6.96. The molecule has 1 aromatic rings. The van der Waals surface area contributed by atoms with Crippen LogP contribution in [0.1, 0.15) is 0 Å². The summed E-state index contributed by atoms with van der Waals surface area (Å²) in [4.78, 5) is 2.12. The number of hydrogen-bond acceptors (Lipinski definition) is 4. The molecule has 0 amide bonds. The molecule has 0 aromatic heterocycles. The smallest absolute Gasteiger partial charge is 0.226 e. The summed E-state index contributed by atoms with van der Waals surface area (Å²) < 4.78 is 0. The Hall–Kier alpha value is -2.41. The fourth-order valence-corrected chi connectivity index (χ4v) is 1.41. The summed E-state index contributed by atoms with van der Waals surface area (Å²) in [5, 5.41) is 15.3. The monoisotopic (exact) mass is 226 g/mol. The first-order valence-corrected chi connectivity index (χ1v) is 5.18. The lowest BCUT2D eigenvalue weighted by Gasteiger charge is -2.21. The quantitative estimate of drug-likeness (QED) is 0.424. The second-order valence-electron chi connectivity index (χ2n) is 3.30. The van der Waals surface area contributed by atoms with Gasteiger partial charge in [0.25, 0.3) is 0 Å². The molecule has 0 aliphatic heterocycles. The Morgan fingerprint density at radius 3 is 2.24 bits per heavy atom. The Labute approximate surface area is 101 Å². The highest BCUT2D eigenvalue weighted by molar-refractivity contribution is 5.53. The van der Waals surface area contributed by atoms with Crippen LogP contribution in [0.4, 0.5) is 11.4 Å². The van der Waals surface area contributed by atoms with Gasteiger partial charge in [0.2, 0.25) is 6.19 Å². The Morgan fingerprint density at radius 2 is 1.76 bits per heavy atom. The fraction of sp³-hybridized carbons (Fsp3) is 0.154. The van der Waals surface area contributed by atoms with Gasteiger partial charge in [-0.3, -0.25) is 0 Å². The van der Waals surface area contributed by atoms with Crippen molar-refractivity contribution in [3.63, 3.8) is 0 Å². The molecule has 86 valence electrons. The highest BCUT2D eigenvalue weighted by Crippen LogP contribution is 2.20. The van der Waals surface area contributed by atoms with Crippen molar-refractivity contribution in [2.75, 3.05) is 18.0 Å². The van der Waals surface area contributed by atoms with Crippen LogP contribution in [-0.4, -0.2) is 13.1 Å². The van der Waals surface area contributed by atoms with Crippen LogP contribution in [-0.2, 0) is 0 Å². The van der Waals surface area contributed by atoms with E-state index in [4.69, 9.17) is 5.26 Å². The Balaban J connectivity index is 2.83. The van der Waals surface area contributed by atoms with E-state index in [2.05, 4.69) is 28.3 Å². The van der Waals surface area contributed by atoms with E-state index in [0.29, 0.717) is 5.69 Å². The number of anilines is 1. The van der Waals surface area contributed by atoms with Gasteiger partial charge in [0.05, 0.1) is 5.69 Å². The van der Waals surface area contributed by atoms with Crippen molar-refractivity contribution in [2.45, 2.75) is 0 Å². The maximum Gasteiger partial charge on any atom is 0.226 e.